The molecule has 152 valence electrons. The summed E-state index contributed by atoms with van der Waals surface area (Å²) in [7, 11) is 1.40. The molecule has 0 bridgehead atoms. The van der Waals surface area contributed by atoms with E-state index in [0.717, 1.165) is 40.4 Å². The maximum Gasteiger partial charge on any atom is 0.257 e. The average Bonchev–Trinajstić information content (AvgIpc) is 3.04. The molecule has 1 aliphatic heterocycles. The van der Waals surface area contributed by atoms with Gasteiger partial charge >= 0.3 is 0 Å². The summed E-state index contributed by atoms with van der Waals surface area (Å²) in [5, 5.41) is 3.58. The molecule has 3 heterocycles. The van der Waals surface area contributed by atoms with Crippen LogP contribution < -0.4 is 15.0 Å². The molecule has 1 amide bonds. The summed E-state index contributed by atoms with van der Waals surface area (Å²) in [6, 6.07) is 4.37. The van der Waals surface area contributed by atoms with E-state index in [1.165, 1.54) is 37.0 Å². The zero-order valence-electron chi connectivity index (χ0n) is 16.7. The highest BCUT2D eigenvalue weighted by Gasteiger charge is 2.26. The lowest BCUT2D eigenvalue weighted by Crippen LogP contribution is -2.35. The van der Waals surface area contributed by atoms with Gasteiger partial charge in [0.05, 0.1) is 18.1 Å². The molecular formula is C21H23FN4O2S. The monoisotopic (exact) mass is 414 g/mol. The number of ether oxygens (including phenoxy) is 1. The summed E-state index contributed by atoms with van der Waals surface area (Å²) < 4.78 is 19.0. The lowest BCUT2D eigenvalue weighted by atomic mass is 10.00. The van der Waals surface area contributed by atoms with Crippen LogP contribution in [0.3, 0.4) is 0 Å². The Morgan fingerprint density at radius 2 is 2.21 bits per heavy atom. The zero-order chi connectivity index (χ0) is 20.5. The summed E-state index contributed by atoms with van der Waals surface area (Å²) in [5.74, 6) is 0.697. The van der Waals surface area contributed by atoms with E-state index in [9.17, 15) is 9.18 Å². The van der Waals surface area contributed by atoms with Crippen LogP contribution in [0.4, 0.5) is 15.9 Å². The number of aryl methyl sites for hydroxylation is 1. The van der Waals surface area contributed by atoms with E-state index in [4.69, 9.17) is 4.74 Å². The molecule has 8 heteroatoms. The van der Waals surface area contributed by atoms with Crippen molar-refractivity contribution in [2.24, 2.45) is 5.92 Å². The Balaban J connectivity index is 1.72. The lowest BCUT2D eigenvalue weighted by Gasteiger charge is -2.32. The van der Waals surface area contributed by atoms with E-state index >= 15 is 0 Å². The van der Waals surface area contributed by atoms with Crippen LogP contribution in [-0.2, 0) is 0 Å². The van der Waals surface area contributed by atoms with Gasteiger partial charge in [0.15, 0.2) is 11.6 Å². The molecule has 0 spiro atoms. The number of nitrogens with one attached hydrogen (secondary N) is 1. The van der Waals surface area contributed by atoms with Gasteiger partial charge in [0.1, 0.15) is 17.0 Å². The number of aromatic nitrogens is 2. The molecule has 3 aromatic rings. The van der Waals surface area contributed by atoms with Crippen molar-refractivity contribution in [1.82, 2.24) is 9.97 Å². The van der Waals surface area contributed by atoms with Crippen LogP contribution in [0.15, 0.2) is 24.5 Å². The van der Waals surface area contributed by atoms with Crippen LogP contribution in [0.1, 0.15) is 35.0 Å². The van der Waals surface area contributed by atoms with E-state index in [-0.39, 0.29) is 11.7 Å². The van der Waals surface area contributed by atoms with Gasteiger partial charge < -0.3 is 15.0 Å². The molecule has 1 fully saturated rings. The quantitative estimate of drug-likeness (QED) is 0.674. The van der Waals surface area contributed by atoms with Gasteiger partial charge in [-0.1, -0.05) is 6.92 Å². The number of anilines is 2. The summed E-state index contributed by atoms with van der Waals surface area (Å²) >= 11 is 1.47. The fourth-order valence-corrected chi connectivity index (χ4v) is 4.84. The molecule has 0 aliphatic carbocycles. The molecule has 2 aromatic heterocycles. The first-order chi connectivity index (χ1) is 14.0. The second-order valence-corrected chi connectivity index (χ2v) is 8.61. The second kappa shape index (κ2) is 7.94. The van der Waals surface area contributed by atoms with Crippen LogP contribution in [-0.4, -0.2) is 36.1 Å². The number of hydrogen-bond acceptors (Lipinski definition) is 6. The second-order valence-electron chi connectivity index (χ2n) is 7.41. The van der Waals surface area contributed by atoms with Crippen molar-refractivity contribution in [1.29, 1.82) is 0 Å². The number of nitrogens with zero attached hydrogens (tertiary/aromatic N) is 3. The van der Waals surface area contributed by atoms with Crippen molar-refractivity contribution >= 4 is 39.0 Å². The average molecular weight is 415 g/mol. The topological polar surface area (TPSA) is 67.3 Å². The van der Waals surface area contributed by atoms with Crippen LogP contribution in [0.25, 0.3) is 10.2 Å². The molecule has 0 unspecified atom stereocenters. The van der Waals surface area contributed by atoms with E-state index in [2.05, 4.69) is 27.1 Å². The van der Waals surface area contributed by atoms with Gasteiger partial charge in [0.2, 0.25) is 0 Å². The number of rotatable bonds is 4. The van der Waals surface area contributed by atoms with Gasteiger partial charge in [-0.25, -0.2) is 14.4 Å². The first-order valence-corrected chi connectivity index (χ1v) is 10.4. The number of hydrogen-bond donors (Lipinski definition) is 1. The van der Waals surface area contributed by atoms with Crippen molar-refractivity contribution in [2.45, 2.75) is 26.7 Å². The largest absolute Gasteiger partial charge is 0.494 e. The number of carbonyl (C=O) groups excluding carboxylic acids is 1. The predicted molar refractivity (Wildman–Crippen MR) is 114 cm³/mol. The minimum atomic E-state index is -0.525. The van der Waals surface area contributed by atoms with Gasteiger partial charge in [-0.2, -0.15) is 0 Å². The molecule has 6 nitrogen and oxygen atoms in total. The molecule has 1 atom stereocenters. The summed E-state index contributed by atoms with van der Waals surface area (Å²) in [6.45, 7) is 5.95. The first kappa shape index (κ1) is 19.6. The van der Waals surface area contributed by atoms with Crippen LogP contribution in [0.2, 0.25) is 0 Å². The Kier molecular flexibility index (Phi) is 5.36. The van der Waals surface area contributed by atoms with Gasteiger partial charge in [-0.15, -0.1) is 11.3 Å². The Bertz CT molecular complexity index is 1070. The number of methoxy groups -OCH3 is 1. The van der Waals surface area contributed by atoms with Crippen LogP contribution >= 0.6 is 11.3 Å². The van der Waals surface area contributed by atoms with E-state index in [0.29, 0.717) is 17.2 Å². The van der Waals surface area contributed by atoms with Crippen molar-refractivity contribution in [3.63, 3.8) is 0 Å². The highest BCUT2D eigenvalue weighted by Crippen LogP contribution is 2.37. The van der Waals surface area contributed by atoms with Gasteiger partial charge in [0, 0.05) is 29.7 Å². The van der Waals surface area contributed by atoms with Crippen LogP contribution in [0, 0.1) is 18.7 Å². The van der Waals surface area contributed by atoms with Crippen molar-refractivity contribution in [2.75, 3.05) is 30.4 Å². The minimum Gasteiger partial charge on any atom is -0.494 e. The first-order valence-electron chi connectivity index (χ1n) is 9.62. The molecular weight excluding hydrogens is 391 g/mol. The highest BCUT2D eigenvalue weighted by atomic mass is 32.1. The third-order valence-corrected chi connectivity index (χ3v) is 6.25. The molecule has 0 saturated carbocycles. The van der Waals surface area contributed by atoms with Crippen LogP contribution in [0.5, 0.6) is 5.75 Å². The number of piperidine rings is 1. The number of thiophene rings is 1. The lowest BCUT2D eigenvalue weighted by molar-refractivity contribution is 0.102. The van der Waals surface area contributed by atoms with Gasteiger partial charge in [-0.05, 0) is 37.8 Å². The third-order valence-electron chi connectivity index (χ3n) is 5.24. The fraction of sp³-hybridized carbons (Fsp3) is 0.381. The number of benzene rings is 1. The van der Waals surface area contributed by atoms with Gasteiger partial charge in [-0.3, -0.25) is 4.79 Å². The number of carbonyl (C=O) groups is 1. The number of fused-ring (bicyclic) bond motifs is 1. The smallest absolute Gasteiger partial charge is 0.257 e. The standard InChI is InChI=1S/C21H23FN4O2S/c1-12-5-4-8-26(10-12)19-18-17(13(2)29-21(18)24-11-23-19)20(27)25-14-6-7-16(28-3)15(22)9-14/h6-7,9,11-12H,4-5,8,10H2,1-3H3,(H,25,27)/t12-/m1/s1. The minimum absolute atomic E-state index is 0.134. The van der Waals surface area contributed by atoms with Crippen molar-refractivity contribution < 1.29 is 13.9 Å². The molecule has 1 aliphatic rings. The fourth-order valence-electron chi connectivity index (χ4n) is 3.86. The number of amides is 1. The maximum atomic E-state index is 14.0. The highest BCUT2D eigenvalue weighted by molar-refractivity contribution is 7.19. The van der Waals surface area contributed by atoms with Crippen molar-refractivity contribution in [3.8, 4) is 5.75 Å². The third kappa shape index (κ3) is 3.76. The summed E-state index contributed by atoms with van der Waals surface area (Å²) in [5.41, 5.74) is 0.923. The predicted octanol–water partition coefficient (Wildman–Crippen LogP) is 4.64. The Morgan fingerprint density at radius 1 is 1.38 bits per heavy atom. The van der Waals surface area contributed by atoms with E-state index in [1.54, 1.807) is 12.4 Å². The molecule has 1 aromatic carbocycles. The molecule has 4 rings (SSSR count). The molecule has 0 radical (unpaired) electrons. The van der Waals surface area contributed by atoms with E-state index in [1.807, 2.05) is 6.92 Å². The van der Waals surface area contributed by atoms with Gasteiger partial charge in [0.25, 0.3) is 5.91 Å². The Labute approximate surface area is 172 Å². The maximum absolute atomic E-state index is 14.0. The zero-order valence-corrected chi connectivity index (χ0v) is 17.5. The molecule has 1 N–H and O–H groups in total. The molecule has 29 heavy (non-hydrogen) atoms. The summed E-state index contributed by atoms with van der Waals surface area (Å²) in [6.07, 6.45) is 3.86. The van der Waals surface area contributed by atoms with Crippen molar-refractivity contribution in [3.05, 3.63) is 40.8 Å². The number of halogens is 1. The summed E-state index contributed by atoms with van der Waals surface area (Å²) in [4.78, 5) is 26.0. The SMILES string of the molecule is COc1ccc(NC(=O)c2c(C)sc3ncnc(N4CCC[C@@H](C)C4)c23)cc1F. The molecule has 1 saturated heterocycles. The van der Waals surface area contributed by atoms with E-state index < -0.39 is 5.82 Å². The Hall–Kier alpha value is -2.74. The Morgan fingerprint density at radius 3 is 2.93 bits per heavy atom. The normalized spacial score (nSPS) is 16.8.